The van der Waals surface area contributed by atoms with E-state index in [4.69, 9.17) is 0 Å². The van der Waals surface area contributed by atoms with Gasteiger partial charge in [0.05, 0.1) is 17.6 Å². The largest absolute Gasteiger partial charge is 0.411 e. The summed E-state index contributed by atoms with van der Waals surface area (Å²) in [6.07, 6.45) is 6.44. The minimum atomic E-state index is -2.83. The zero-order valence-corrected chi connectivity index (χ0v) is 17.4. The van der Waals surface area contributed by atoms with Crippen LogP contribution in [0.3, 0.4) is 0 Å². The summed E-state index contributed by atoms with van der Waals surface area (Å²) in [6, 6.07) is 11.3. The lowest BCUT2D eigenvalue weighted by molar-refractivity contribution is -0.120. The van der Waals surface area contributed by atoms with Gasteiger partial charge in [0.25, 0.3) is 0 Å². The molecule has 2 aromatic heterocycles. The standard InChI is InChI=1S/C24H25F2N3O2/c1-24(25,26)10-8-20(30)13-16-4-2-7-18(12-16)21-15-27-22-14-19(9-11-29(21)22)23(28-31)17-5-3-6-17/h2,4,7,9,11-12,14-15,17,31H,3,5-6,8,10,13H2,1H3/b28-23-. The zero-order valence-electron chi connectivity index (χ0n) is 17.4. The second-order valence-electron chi connectivity index (χ2n) is 8.39. The maximum Gasteiger partial charge on any atom is 0.245 e. The van der Waals surface area contributed by atoms with Gasteiger partial charge < -0.3 is 5.21 Å². The Morgan fingerprint density at radius 2 is 2.10 bits per heavy atom. The van der Waals surface area contributed by atoms with Crippen molar-refractivity contribution in [2.24, 2.45) is 11.1 Å². The fourth-order valence-corrected chi connectivity index (χ4v) is 3.93. The van der Waals surface area contributed by atoms with E-state index in [1.807, 2.05) is 47.0 Å². The molecule has 0 spiro atoms. The fraction of sp³-hybridized carbons (Fsp3) is 0.375. The molecule has 4 rings (SSSR count). The van der Waals surface area contributed by atoms with Crippen LogP contribution in [0.4, 0.5) is 8.78 Å². The third-order valence-corrected chi connectivity index (χ3v) is 5.88. The molecular weight excluding hydrogens is 400 g/mol. The SMILES string of the molecule is CC(F)(F)CCC(=O)Cc1cccc(-c2cnc3cc(/C(=N\O)C4CCC4)ccn23)c1. The molecule has 1 aromatic carbocycles. The summed E-state index contributed by atoms with van der Waals surface area (Å²) in [5, 5.41) is 13.0. The number of aromatic nitrogens is 2. The molecule has 2 heterocycles. The molecule has 0 amide bonds. The predicted molar refractivity (Wildman–Crippen MR) is 115 cm³/mol. The van der Waals surface area contributed by atoms with Gasteiger partial charge >= 0.3 is 0 Å². The second-order valence-corrected chi connectivity index (χ2v) is 8.39. The minimum absolute atomic E-state index is 0.127. The van der Waals surface area contributed by atoms with E-state index in [1.54, 1.807) is 6.20 Å². The van der Waals surface area contributed by atoms with Gasteiger partial charge in [-0.1, -0.05) is 29.8 Å². The maximum absolute atomic E-state index is 13.0. The van der Waals surface area contributed by atoms with E-state index in [0.717, 1.165) is 54.2 Å². The van der Waals surface area contributed by atoms with E-state index in [1.165, 1.54) is 0 Å². The van der Waals surface area contributed by atoms with Gasteiger partial charge in [-0.3, -0.25) is 9.20 Å². The summed E-state index contributed by atoms with van der Waals surface area (Å²) in [7, 11) is 0. The first kappa shape index (κ1) is 21.2. The van der Waals surface area contributed by atoms with Gasteiger partial charge in [0.15, 0.2) is 0 Å². The van der Waals surface area contributed by atoms with Gasteiger partial charge in [-0.25, -0.2) is 13.8 Å². The molecule has 0 atom stereocenters. The smallest absolute Gasteiger partial charge is 0.245 e. The van der Waals surface area contributed by atoms with Crippen molar-refractivity contribution < 1.29 is 18.8 Å². The number of fused-ring (bicyclic) bond motifs is 1. The molecule has 5 nitrogen and oxygen atoms in total. The minimum Gasteiger partial charge on any atom is -0.411 e. The topological polar surface area (TPSA) is 67.0 Å². The molecule has 1 fully saturated rings. The number of benzene rings is 1. The van der Waals surface area contributed by atoms with Gasteiger partial charge in [-0.15, -0.1) is 0 Å². The highest BCUT2D eigenvalue weighted by atomic mass is 19.3. The predicted octanol–water partition coefficient (Wildman–Crippen LogP) is 5.53. The van der Waals surface area contributed by atoms with Crippen molar-refractivity contribution in [3.63, 3.8) is 0 Å². The molecule has 31 heavy (non-hydrogen) atoms. The van der Waals surface area contributed by atoms with Crippen LogP contribution in [0.25, 0.3) is 16.9 Å². The average molecular weight is 425 g/mol. The number of pyridine rings is 1. The number of alkyl halides is 2. The van der Waals surface area contributed by atoms with Crippen LogP contribution >= 0.6 is 0 Å². The van der Waals surface area contributed by atoms with E-state index in [-0.39, 0.29) is 18.6 Å². The first-order chi connectivity index (χ1) is 14.8. The molecule has 1 saturated carbocycles. The summed E-state index contributed by atoms with van der Waals surface area (Å²) in [6.45, 7) is 0.832. The van der Waals surface area contributed by atoms with E-state index < -0.39 is 12.3 Å². The van der Waals surface area contributed by atoms with Gasteiger partial charge in [-0.2, -0.15) is 0 Å². The Kier molecular flexibility index (Phi) is 5.85. The number of carbonyl (C=O) groups excluding carboxylic acids is 1. The normalized spacial score (nSPS) is 15.3. The van der Waals surface area contributed by atoms with E-state index >= 15 is 0 Å². The Bertz CT molecular complexity index is 1130. The summed E-state index contributed by atoms with van der Waals surface area (Å²) in [5.41, 5.74) is 4.84. The third kappa shape index (κ3) is 4.81. The van der Waals surface area contributed by atoms with Crippen LogP contribution in [0, 0.1) is 5.92 Å². The average Bonchev–Trinajstić information content (AvgIpc) is 3.12. The Hall–Kier alpha value is -3.09. The van der Waals surface area contributed by atoms with Crippen LogP contribution < -0.4 is 0 Å². The molecule has 7 heteroatoms. The zero-order chi connectivity index (χ0) is 22.0. The van der Waals surface area contributed by atoms with Crippen LogP contribution in [0.5, 0.6) is 0 Å². The molecule has 1 aliphatic rings. The Morgan fingerprint density at radius 1 is 1.29 bits per heavy atom. The van der Waals surface area contributed by atoms with Gasteiger partial charge in [0, 0.05) is 42.5 Å². The molecule has 0 aliphatic heterocycles. The molecule has 3 aromatic rings. The summed E-state index contributed by atoms with van der Waals surface area (Å²) >= 11 is 0. The Morgan fingerprint density at radius 3 is 2.77 bits per heavy atom. The van der Waals surface area contributed by atoms with Crippen molar-refractivity contribution in [2.45, 2.75) is 51.4 Å². The molecule has 0 radical (unpaired) electrons. The third-order valence-electron chi connectivity index (χ3n) is 5.88. The molecular formula is C24H25F2N3O2. The second kappa shape index (κ2) is 8.57. The van der Waals surface area contributed by atoms with Crippen LogP contribution in [0.2, 0.25) is 0 Å². The van der Waals surface area contributed by atoms with Crippen molar-refractivity contribution in [1.82, 2.24) is 9.38 Å². The first-order valence-corrected chi connectivity index (χ1v) is 10.5. The van der Waals surface area contributed by atoms with Crippen LogP contribution in [-0.4, -0.2) is 32.0 Å². The van der Waals surface area contributed by atoms with Crippen LogP contribution in [-0.2, 0) is 11.2 Å². The number of halogens is 2. The van der Waals surface area contributed by atoms with Crippen molar-refractivity contribution in [3.05, 3.63) is 59.9 Å². The van der Waals surface area contributed by atoms with Crippen molar-refractivity contribution in [1.29, 1.82) is 0 Å². The molecule has 0 unspecified atom stereocenters. The van der Waals surface area contributed by atoms with Gasteiger partial charge in [-0.05, 0) is 43.5 Å². The van der Waals surface area contributed by atoms with Crippen molar-refractivity contribution in [2.75, 3.05) is 0 Å². The summed E-state index contributed by atoms with van der Waals surface area (Å²) < 4.78 is 28.0. The van der Waals surface area contributed by atoms with E-state index in [2.05, 4.69) is 10.1 Å². The summed E-state index contributed by atoms with van der Waals surface area (Å²) in [5.74, 6) is -2.73. The first-order valence-electron chi connectivity index (χ1n) is 10.5. The lowest BCUT2D eigenvalue weighted by atomic mass is 9.79. The highest BCUT2D eigenvalue weighted by Crippen LogP contribution is 2.31. The number of nitrogens with zero attached hydrogens (tertiary/aromatic N) is 3. The number of imidazole rings is 1. The van der Waals surface area contributed by atoms with Crippen LogP contribution in [0.1, 0.15) is 50.2 Å². The lowest BCUT2D eigenvalue weighted by Gasteiger charge is -2.26. The highest BCUT2D eigenvalue weighted by Gasteiger charge is 2.25. The fourth-order valence-electron chi connectivity index (χ4n) is 3.93. The monoisotopic (exact) mass is 425 g/mol. The van der Waals surface area contributed by atoms with Crippen molar-refractivity contribution >= 4 is 17.1 Å². The van der Waals surface area contributed by atoms with E-state index in [9.17, 15) is 18.8 Å². The van der Waals surface area contributed by atoms with Gasteiger partial charge in [0.2, 0.25) is 5.92 Å². The number of rotatable bonds is 8. The number of ketones is 1. The quantitative estimate of drug-likeness (QED) is 0.293. The number of hydrogen-bond acceptors (Lipinski definition) is 4. The van der Waals surface area contributed by atoms with Crippen molar-refractivity contribution in [3.8, 4) is 11.3 Å². The number of hydrogen-bond donors (Lipinski definition) is 1. The summed E-state index contributed by atoms with van der Waals surface area (Å²) in [4.78, 5) is 16.6. The maximum atomic E-state index is 13.0. The highest BCUT2D eigenvalue weighted by molar-refractivity contribution is 6.03. The molecule has 0 bridgehead atoms. The lowest BCUT2D eigenvalue weighted by Crippen LogP contribution is -2.23. The van der Waals surface area contributed by atoms with Gasteiger partial charge in [0.1, 0.15) is 11.4 Å². The number of Topliss-reactive ketones (excluding diaryl/α,β-unsaturated/α-hetero) is 1. The Balaban J connectivity index is 1.55. The number of carbonyl (C=O) groups is 1. The Labute approximate surface area is 179 Å². The van der Waals surface area contributed by atoms with Crippen LogP contribution in [0.15, 0.2) is 53.9 Å². The molecule has 1 N–H and O–H groups in total. The molecule has 162 valence electrons. The molecule has 0 saturated heterocycles. The van der Waals surface area contributed by atoms with E-state index in [0.29, 0.717) is 11.6 Å². The number of oxime groups is 1. The molecule has 1 aliphatic carbocycles.